The molecule has 0 aliphatic carbocycles. The molecule has 45 heavy (non-hydrogen) atoms. The molecule has 0 N–H and O–H groups in total. The third-order valence-electron chi connectivity index (χ3n) is 9.29. The van der Waals surface area contributed by atoms with Gasteiger partial charge in [0.1, 0.15) is 23.4 Å². The summed E-state index contributed by atoms with van der Waals surface area (Å²) in [6.45, 7) is 9.33. The Morgan fingerprint density at radius 3 is 2.33 bits per heavy atom. The predicted molar refractivity (Wildman–Crippen MR) is 167 cm³/mol. The van der Waals surface area contributed by atoms with Crippen molar-refractivity contribution in [2.75, 3.05) is 31.7 Å². The number of imidazole rings is 1. The Balaban J connectivity index is 1.25. The van der Waals surface area contributed by atoms with Crippen molar-refractivity contribution in [3.63, 3.8) is 0 Å². The molecular weight excluding hydrogens is 578 g/mol. The molecule has 2 aromatic carbocycles. The van der Waals surface area contributed by atoms with Crippen molar-refractivity contribution in [3.05, 3.63) is 77.4 Å². The first kappa shape index (κ1) is 29.5. The first-order valence-electron chi connectivity index (χ1n) is 15.5. The Morgan fingerprint density at radius 1 is 0.956 bits per heavy atom. The van der Waals surface area contributed by atoms with Gasteiger partial charge in [0.25, 0.3) is 12.2 Å². The lowest BCUT2D eigenvalue weighted by Gasteiger charge is -2.48. The summed E-state index contributed by atoms with van der Waals surface area (Å²) >= 11 is 0. The van der Waals surface area contributed by atoms with Gasteiger partial charge in [0, 0.05) is 37.3 Å². The van der Waals surface area contributed by atoms with Crippen molar-refractivity contribution >= 4 is 22.8 Å². The number of fused-ring (bicyclic) bond motifs is 3. The minimum Gasteiger partial charge on any atom is -0.497 e. The van der Waals surface area contributed by atoms with Gasteiger partial charge < -0.3 is 18.9 Å². The standard InChI is InChI=1S/C33H38F2N8O2/c1-20-17-41(31-28-32(43-19-36-39-33(43)38-31)42(22(3)37-28)18-27-6-5-15-45-27)21(2)16-40(20)29(24-11-13-26(44-4)14-12-24)23-7-9-25(10-8-23)30(34)35/h7-14,19-21,27,29-30H,5-6,15-18H2,1-4H3/t20-,21+,27?,29?/m1/s1. The molecule has 2 unspecified atom stereocenters. The highest BCUT2D eigenvalue weighted by Crippen LogP contribution is 2.37. The number of anilines is 1. The van der Waals surface area contributed by atoms with E-state index in [1.807, 2.05) is 35.6 Å². The second kappa shape index (κ2) is 12.0. The van der Waals surface area contributed by atoms with Crippen LogP contribution in [0, 0.1) is 6.92 Å². The highest BCUT2D eigenvalue weighted by Gasteiger charge is 2.37. The molecule has 5 heterocycles. The average Bonchev–Trinajstić information content (AvgIpc) is 3.80. The molecule has 0 bridgehead atoms. The van der Waals surface area contributed by atoms with Crippen LogP contribution in [0.15, 0.2) is 54.9 Å². The number of methoxy groups -OCH3 is 1. The Labute approximate surface area is 260 Å². The second-order valence-electron chi connectivity index (χ2n) is 12.2. The largest absolute Gasteiger partial charge is 0.497 e. The van der Waals surface area contributed by atoms with Crippen LogP contribution in [0.2, 0.25) is 0 Å². The lowest BCUT2D eigenvalue weighted by molar-refractivity contribution is 0.0972. The maximum Gasteiger partial charge on any atom is 0.263 e. The minimum absolute atomic E-state index is 0.0201. The third kappa shape index (κ3) is 5.39. The summed E-state index contributed by atoms with van der Waals surface area (Å²) in [4.78, 5) is 14.8. The number of nitrogens with zero attached hydrogens (tertiary/aromatic N) is 8. The first-order chi connectivity index (χ1) is 21.8. The Hall–Kier alpha value is -4.16. The molecule has 2 aliphatic heterocycles. The highest BCUT2D eigenvalue weighted by molar-refractivity contribution is 5.87. The molecule has 2 fully saturated rings. The molecule has 0 spiro atoms. The van der Waals surface area contributed by atoms with Gasteiger partial charge >= 0.3 is 0 Å². The molecule has 0 amide bonds. The fraction of sp³-hybridized carbons (Fsp3) is 0.455. The van der Waals surface area contributed by atoms with E-state index in [2.05, 4.69) is 50.5 Å². The SMILES string of the molecule is COc1ccc(C(c2ccc(C(F)F)cc2)N2C[C@H](C)N(c3nc4nncn4c4c3nc(C)n4CC3CCCO3)C[C@H]2C)cc1. The van der Waals surface area contributed by atoms with Gasteiger partial charge in [0.2, 0.25) is 0 Å². The van der Waals surface area contributed by atoms with Crippen LogP contribution in [0.4, 0.5) is 14.6 Å². The molecule has 0 radical (unpaired) electrons. The van der Waals surface area contributed by atoms with Gasteiger partial charge in [-0.05, 0) is 56.9 Å². The zero-order valence-corrected chi connectivity index (χ0v) is 26.0. The maximum absolute atomic E-state index is 13.4. The molecule has 0 saturated carbocycles. The highest BCUT2D eigenvalue weighted by atomic mass is 19.3. The molecule has 2 aliphatic rings. The monoisotopic (exact) mass is 616 g/mol. The van der Waals surface area contributed by atoms with Crippen LogP contribution in [0.5, 0.6) is 5.75 Å². The fourth-order valence-electron chi connectivity index (χ4n) is 6.95. The van der Waals surface area contributed by atoms with Crippen molar-refractivity contribution in [1.29, 1.82) is 0 Å². The first-order valence-corrected chi connectivity index (χ1v) is 15.5. The van der Waals surface area contributed by atoms with E-state index in [-0.39, 0.29) is 29.8 Å². The van der Waals surface area contributed by atoms with Crippen LogP contribution in [0.3, 0.4) is 0 Å². The van der Waals surface area contributed by atoms with Gasteiger partial charge in [-0.3, -0.25) is 4.90 Å². The van der Waals surface area contributed by atoms with Gasteiger partial charge in [-0.2, -0.15) is 4.98 Å². The minimum atomic E-state index is -2.51. The summed E-state index contributed by atoms with van der Waals surface area (Å²) in [7, 11) is 1.65. The summed E-state index contributed by atoms with van der Waals surface area (Å²) in [6.07, 6.45) is 1.43. The second-order valence-corrected chi connectivity index (χ2v) is 12.2. The summed E-state index contributed by atoms with van der Waals surface area (Å²) in [5.41, 5.74) is 3.80. The lowest BCUT2D eigenvalue weighted by Crippen LogP contribution is -2.57. The van der Waals surface area contributed by atoms with Crippen molar-refractivity contribution in [2.45, 2.75) is 70.8 Å². The van der Waals surface area contributed by atoms with Crippen molar-refractivity contribution in [1.82, 2.24) is 34.0 Å². The number of halogens is 2. The number of hydrogen-bond acceptors (Lipinski definition) is 8. The molecule has 10 nitrogen and oxygen atoms in total. The number of benzene rings is 2. The molecular formula is C33H38F2N8O2. The molecule has 236 valence electrons. The number of ether oxygens (including phenoxy) is 2. The molecule has 12 heteroatoms. The summed E-state index contributed by atoms with van der Waals surface area (Å²) < 4.78 is 42.4. The van der Waals surface area contributed by atoms with Crippen molar-refractivity contribution < 1.29 is 18.3 Å². The van der Waals surface area contributed by atoms with E-state index in [1.54, 1.807) is 13.4 Å². The van der Waals surface area contributed by atoms with Gasteiger partial charge in [-0.15, -0.1) is 10.2 Å². The Morgan fingerprint density at radius 2 is 1.67 bits per heavy atom. The van der Waals surface area contributed by atoms with Gasteiger partial charge in [-0.1, -0.05) is 36.4 Å². The smallest absolute Gasteiger partial charge is 0.263 e. The number of alkyl halides is 2. The van der Waals surface area contributed by atoms with E-state index in [4.69, 9.17) is 19.4 Å². The molecule has 2 saturated heterocycles. The van der Waals surface area contributed by atoms with Gasteiger partial charge in [0.05, 0.1) is 25.8 Å². The number of piperazine rings is 1. The normalized spacial score (nSPS) is 21.8. The number of aromatic nitrogens is 6. The van der Waals surface area contributed by atoms with E-state index in [1.165, 1.54) is 12.1 Å². The van der Waals surface area contributed by atoms with Crippen LogP contribution in [0.1, 0.15) is 61.7 Å². The Bertz CT molecular complexity index is 1780. The van der Waals surface area contributed by atoms with Crippen molar-refractivity contribution in [3.8, 4) is 5.75 Å². The maximum atomic E-state index is 13.4. The summed E-state index contributed by atoms with van der Waals surface area (Å²) in [5.74, 6) is 2.99. The Kier molecular flexibility index (Phi) is 7.86. The van der Waals surface area contributed by atoms with Crippen LogP contribution in [-0.4, -0.2) is 79.0 Å². The molecule has 5 aromatic rings. The van der Waals surface area contributed by atoms with E-state index in [0.29, 0.717) is 25.4 Å². The summed E-state index contributed by atoms with van der Waals surface area (Å²) in [5, 5.41) is 8.52. The fourth-order valence-corrected chi connectivity index (χ4v) is 6.95. The molecule has 7 rings (SSSR count). The van der Waals surface area contributed by atoms with E-state index >= 15 is 0 Å². The van der Waals surface area contributed by atoms with Gasteiger partial charge in [-0.25, -0.2) is 18.2 Å². The van der Waals surface area contributed by atoms with E-state index in [9.17, 15) is 8.78 Å². The van der Waals surface area contributed by atoms with E-state index < -0.39 is 6.43 Å². The number of rotatable bonds is 8. The van der Waals surface area contributed by atoms with Gasteiger partial charge in [0.15, 0.2) is 11.5 Å². The van der Waals surface area contributed by atoms with Crippen LogP contribution >= 0.6 is 0 Å². The summed E-state index contributed by atoms with van der Waals surface area (Å²) in [6, 6.07) is 14.7. The van der Waals surface area contributed by atoms with E-state index in [0.717, 1.165) is 59.1 Å². The quantitative estimate of drug-likeness (QED) is 0.223. The number of hydrogen-bond donors (Lipinski definition) is 0. The lowest BCUT2D eigenvalue weighted by atomic mass is 9.93. The topological polar surface area (TPSA) is 85.8 Å². The predicted octanol–water partition coefficient (Wildman–Crippen LogP) is 5.60. The van der Waals surface area contributed by atoms with Crippen LogP contribution in [0.25, 0.3) is 16.9 Å². The third-order valence-corrected chi connectivity index (χ3v) is 9.29. The van der Waals surface area contributed by atoms with Crippen LogP contribution < -0.4 is 9.64 Å². The molecule has 3 aromatic heterocycles. The van der Waals surface area contributed by atoms with Crippen LogP contribution in [-0.2, 0) is 11.3 Å². The zero-order chi connectivity index (χ0) is 31.2. The molecule has 4 atom stereocenters. The zero-order valence-electron chi connectivity index (χ0n) is 26.0. The number of aryl methyl sites for hydroxylation is 1. The van der Waals surface area contributed by atoms with Crippen molar-refractivity contribution in [2.24, 2.45) is 0 Å². The average molecular weight is 617 g/mol.